The molecule has 1 aliphatic carbocycles. The molecular formula is C19H22N6O. The van der Waals surface area contributed by atoms with Crippen LogP contribution in [0.2, 0.25) is 0 Å². The zero-order valence-electron chi connectivity index (χ0n) is 14.7. The molecule has 0 saturated heterocycles. The van der Waals surface area contributed by atoms with E-state index in [1.54, 1.807) is 18.2 Å². The minimum atomic E-state index is -0.484. The average Bonchev–Trinajstić information content (AvgIpc) is 3.07. The van der Waals surface area contributed by atoms with Crippen molar-refractivity contribution in [3.8, 4) is 11.4 Å². The fourth-order valence-corrected chi connectivity index (χ4v) is 3.67. The number of hydrogen-bond donors (Lipinski definition) is 2. The van der Waals surface area contributed by atoms with Gasteiger partial charge in [-0.05, 0) is 43.7 Å². The quantitative estimate of drug-likeness (QED) is 0.754. The predicted molar refractivity (Wildman–Crippen MR) is 100 cm³/mol. The number of anilines is 1. The Bertz CT molecular complexity index is 971. The Morgan fingerprint density at radius 2 is 1.96 bits per heavy atom. The molecule has 0 unspecified atom stereocenters. The highest BCUT2D eigenvalue weighted by Gasteiger charge is 2.23. The molecular weight excluding hydrogens is 328 g/mol. The maximum atomic E-state index is 11.5. The Kier molecular flexibility index (Phi) is 4.06. The van der Waals surface area contributed by atoms with Gasteiger partial charge in [-0.3, -0.25) is 4.79 Å². The van der Waals surface area contributed by atoms with Gasteiger partial charge in [-0.25, -0.2) is 15.0 Å². The van der Waals surface area contributed by atoms with Gasteiger partial charge in [0.15, 0.2) is 17.3 Å². The van der Waals surface area contributed by atoms with Gasteiger partial charge < -0.3 is 16.0 Å². The van der Waals surface area contributed by atoms with Gasteiger partial charge in [-0.1, -0.05) is 19.1 Å². The Hall–Kier alpha value is -2.96. The average molecular weight is 350 g/mol. The molecule has 1 aliphatic rings. The van der Waals surface area contributed by atoms with Crippen LogP contribution in [-0.2, 0) is 0 Å². The van der Waals surface area contributed by atoms with Crippen LogP contribution >= 0.6 is 0 Å². The summed E-state index contributed by atoms with van der Waals surface area (Å²) < 4.78 is 2.13. The van der Waals surface area contributed by atoms with Crippen LogP contribution in [0, 0.1) is 5.92 Å². The summed E-state index contributed by atoms with van der Waals surface area (Å²) in [5, 5.41) is 0. The van der Waals surface area contributed by atoms with Crippen molar-refractivity contribution < 1.29 is 4.79 Å². The summed E-state index contributed by atoms with van der Waals surface area (Å²) in [6, 6.07) is 7.35. The molecule has 7 heteroatoms. The van der Waals surface area contributed by atoms with E-state index in [9.17, 15) is 4.79 Å². The van der Waals surface area contributed by atoms with Gasteiger partial charge >= 0.3 is 0 Å². The van der Waals surface area contributed by atoms with Crippen LogP contribution < -0.4 is 11.5 Å². The fraction of sp³-hybridized carbons (Fsp3) is 0.368. The Morgan fingerprint density at radius 3 is 2.69 bits per heavy atom. The summed E-state index contributed by atoms with van der Waals surface area (Å²) in [6.07, 6.45) is 6.46. The van der Waals surface area contributed by atoms with Crippen molar-refractivity contribution in [2.24, 2.45) is 11.7 Å². The Balaban J connectivity index is 1.79. The second-order valence-corrected chi connectivity index (χ2v) is 7.12. The maximum absolute atomic E-state index is 11.5. The minimum Gasteiger partial charge on any atom is -0.382 e. The topological polar surface area (TPSA) is 113 Å². The largest absolute Gasteiger partial charge is 0.382 e. The number of rotatable bonds is 3. The Labute approximate surface area is 151 Å². The summed E-state index contributed by atoms with van der Waals surface area (Å²) in [7, 11) is 0. The van der Waals surface area contributed by atoms with Gasteiger partial charge in [-0.15, -0.1) is 0 Å². The summed E-state index contributed by atoms with van der Waals surface area (Å²) in [5.41, 5.74) is 14.0. The van der Waals surface area contributed by atoms with E-state index in [1.807, 2.05) is 12.4 Å². The first-order valence-corrected chi connectivity index (χ1v) is 8.93. The second-order valence-electron chi connectivity index (χ2n) is 7.12. The predicted octanol–water partition coefficient (Wildman–Crippen LogP) is 2.93. The van der Waals surface area contributed by atoms with Gasteiger partial charge in [0.2, 0.25) is 5.91 Å². The van der Waals surface area contributed by atoms with E-state index in [4.69, 9.17) is 16.5 Å². The fourth-order valence-electron chi connectivity index (χ4n) is 3.67. The number of nitrogen functional groups attached to an aromatic ring is 1. The molecule has 1 fully saturated rings. The second kappa shape index (κ2) is 6.40. The summed E-state index contributed by atoms with van der Waals surface area (Å²) in [5.74, 6) is 1.11. The van der Waals surface area contributed by atoms with Gasteiger partial charge in [0, 0.05) is 17.2 Å². The normalized spacial score (nSPS) is 20.3. The van der Waals surface area contributed by atoms with Crippen molar-refractivity contribution in [2.45, 2.75) is 38.6 Å². The maximum Gasteiger partial charge on any atom is 0.248 e. The third-order valence-corrected chi connectivity index (χ3v) is 5.23. The lowest BCUT2D eigenvalue weighted by atomic mass is 9.87. The summed E-state index contributed by atoms with van der Waals surface area (Å²) >= 11 is 0. The summed E-state index contributed by atoms with van der Waals surface area (Å²) in [4.78, 5) is 25.0. The van der Waals surface area contributed by atoms with E-state index in [2.05, 4.69) is 21.5 Å². The number of carbonyl (C=O) groups excluding carboxylic acids is 1. The molecule has 2 heterocycles. The van der Waals surface area contributed by atoms with Crippen molar-refractivity contribution in [3.05, 3.63) is 36.2 Å². The molecule has 1 saturated carbocycles. The van der Waals surface area contributed by atoms with Crippen molar-refractivity contribution in [1.29, 1.82) is 0 Å². The standard InChI is InChI=1S/C19H22N6O/c1-11-5-7-14(8-6-11)25-10-22-15-16(20)23-18(24-19(15)25)13-4-2-3-12(9-13)17(21)26/h2-4,9-11,14H,5-8H2,1H3,(H2,21,26)(H2,20,23,24). The molecule has 0 bridgehead atoms. The van der Waals surface area contributed by atoms with Crippen molar-refractivity contribution >= 4 is 22.9 Å². The van der Waals surface area contributed by atoms with E-state index in [-0.39, 0.29) is 0 Å². The molecule has 134 valence electrons. The molecule has 26 heavy (non-hydrogen) atoms. The molecule has 0 aliphatic heterocycles. The van der Waals surface area contributed by atoms with Gasteiger partial charge in [0.05, 0.1) is 6.33 Å². The smallest absolute Gasteiger partial charge is 0.248 e. The van der Waals surface area contributed by atoms with E-state index in [0.29, 0.717) is 34.3 Å². The van der Waals surface area contributed by atoms with Crippen LogP contribution in [0.3, 0.4) is 0 Å². The first kappa shape index (κ1) is 16.5. The molecule has 0 spiro atoms. The number of aromatic nitrogens is 4. The molecule has 1 aromatic carbocycles. The van der Waals surface area contributed by atoms with Crippen LogP contribution in [0.5, 0.6) is 0 Å². The van der Waals surface area contributed by atoms with Crippen LogP contribution in [-0.4, -0.2) is 25.4 Å². The van der Waals surface area contributed by atoms with E-state index in [0.717, 1.165) is 24.4 Å². The monoisotopic (exact) mass is 350 g/mol. The van der Waals surface area contributed by atoms with Crippen LogP contribution in [0.4, 0.5) is 5.82 Å². The highest BCUT2D eigenvalue weighted by atomic mass is 16.1. The van der Waals surface area contributed by atoms with E-state index < -0.39 is 5.91 Å². The molecule has 7 nitrogen and oxygen atoms in total. The lowest BCUT2D eigenvalue weighted by Crippen LogP contribution is -2.16. The van der Waals surface area contributed by atoms with Crippen LogP contribution in [0.25, 0.3) is 22.6 Å². The number of benzene rings is 1. The lowest BCUT2D eigenvalue weighted by molar-refractivity contribution is 0.100. The first-order chi connectivity index (χ1) is 12.5. The number of imidazole rings is 1. The van der Waals surface area contributed by atoms with Crippen LogP contribution in [0.1, 0.15) is 49.0 Å². The number of carbonyl (C=O) groups is 1. The number of hydrogen-bond acceptors (Lipinski definition) is 5. The van der Waals surface area contributed by atoms with Gasteiger partial charge in [0.25, 0.3) is 0 Å². The van der Waals surface area contributed by atoms with E-state index >= 15 is 0 Å². The molecule has 2 aromatic heterocycles. The van der Waals surface area contributed by atoms with Crippen molar-refractivity contribution in [2.75, 3.05) is 5.73 Å². The zero-order valence-corrected chi connectivity index (χ0v) is 14.7. The SMILES string of the molecule is CC1CCC(n2cnc3c(N)nc(-c4cccc(C(N)=O)c4)nc32)CC1. The molecule has 0 radical (unpaired) electrons. The number of nitrogens with zero attached hydrogens (tertiary/aromatic N) is 4. The molecule has 4 N–H and O–H groups in total. The lowest BCUT2D eigenvalue weighted by Gasteiger charge is -2.27. The minimum absolute atomic E-state index is 0.345. The van der Waals surface area contributed by atoms with Crippen LogP contribution in [0.15, 0.2) is 30.6 Å². The highest BCUT2D eigenvalue weighted by Crippen LogP contribution is 2.34. The third kappa shape index (κ3) is 2.89. The molecule has 0 atom stereocenters. The van der Waals surface area contributed by atoms with Crippen molar-refractivity contribution in [3.63, 3.8) is 0 Å². The number of nitrogens with two attached hydrogens (primary N) is 2. The molecule has 1 amide bonds. The van der Waals surface area contributed by atoms with Gasteiger partial charge in [-0.2, -0.15) is 0 Å². The number of amides is 1. The molecule has 4 rings (SSSR count). The van der Waals surface area contributed by atoms with Crippen molar-refractivity contribution in [1.82, 2.24) is 19.5 Å². The highest BCUT2D eigenvalue weighted by molar-refractivity contribution is 5.94. The third-order valence-electron chi connectivity index (χ3n) is 5.23. The zero-order chi connectivity index (χ0) is 18.3. The first-order valence-electron chi connectivity index (χ1n) is 8.93. The molecule has 3 aromatic rings. The van der Waals surface area contributed by atoms with E-state index in [1.165, 1.54) is 12.8 Å². The Morgan fingerprint density at radius 1 is 1.19 bits per heavy atom. The number of fused-ring (bicyclic) bond motifs is 1. The summed E-state index contributed by atoms with van der Waals surface area (Å²) in [6.45, 7) is 2.30. The van der Waals surface area contributed by atoms with Gasteiger partial charge in [0.1, 0.15) is 5.52 Å². The number of primary amides is 1.